The van der Waals surface area contributed by atoms with Crippen molar-refractivity contribution in [3.63, 3.8) is 0 Å². The molecular weight excluding hydrogens is 364 g/mol. The molecular formula is C20H24N2O4S. The second kappa shape index (κ2) is 7.32. The Bertz CT molecular complexity index is 923. The van der Waals surface area contributed by atoms with Gasteiger partial charge in [-0.25, -0.2) is 8.42 Å². The third kappa shape index (κ3) is 3.57. The number of benzene rings is 2. The molecule has 1 amide bonds. The smallest absolute Gasteiger partial charge is 0.245 e. The van der Waals surface area contributed by atoms with Gasteiger partial charge in [0.1, 0.15) is 11.9 Å². The van der Waals surface area contributed by atoms with E-state index in [0.717, 1.165) is 11.1 Å². The van der Waals surface area contributed by atoms with Crippen LogP contribution in [0.15, 0.2) is 53.4 Å². The van der Waals surface area contributed by atoms with Crippen LogP contribution < -0.4 is 4.74 Å². The number of aryl methyl sites for hydroxylation is 1. The van der Waals surface area contributed by atoms with Crippen LogP contribution in [0.25, 0.3) is 0 Å². The molecule has 1 saturated heterocycles. The maximum Gasteiger partial charge on any atom is 0.245 e. The summed E-state index contributed by atoms with van der Waals surface area (Å²) in [4.78, 5) is 14.1. The van der Waals surface area contributed by atoms with E-state index in [9.17, 15) is 13.2 Å². The van der Waals surface area contributed by atoms with Crippen molar-refractivity contribution in [1.82, 2.24) is 9.21 Å². The number of carbonyl (C=O) groups excluding carboxylic acids is 1. The number of hydrogen-bond donors (Lipinski definition) is 0. The molecule has 2 aromatic rings. The lowest BCUT2D eigenvalue weighted by Gasteiger charge is -2.30. The molecule has 6 nitrogen and oxygen atoms in total. The highest BCUT2D eigenvalue weighted by atomic mass is 32.2. The Morgan fingerprint density at radius 1 is 1.07 bits per heavy atom. The number of ether oxygens (including phenoxy) is 1. The number of sulfonamides is 1. The fourth-order valence-electron chi connectivity index (χ4n) is 3.49. The number of amides is 1. The molecule has 1 heterocycles. The van der Waals surface area contributed by atoms with E-state index in [1.54, 1.807) is 60.5 Å². The first-order valence-electron chi connectivity index (χ1n) is 8.77. The van der Waals surface area contributed by atoms with Crippen molar-refractivity contribution in [1.29, 1.82) is 0 Å². The average Bonchev–Trinajstić information content (AvgIpc) is 3.00. The molecule has 0 spiro atoms. The molecule has 27 heavy (non-hydrogen) atoms. The van der Waals surface area contributed by atoms with Crippen LogP contribution in [-0.2, 0) is 14.8 Å². The van der Waals surface area contributed by atoms with Gasteiger partial charge in [0.2, 0.25) is 15.9 Å². The van der Waals surface area contributed by atoms with Gasteiger partial charge in [-0.05, 0) is 43.7 Å². The maximum absolute atomic E-state index is 13.3. The minimum absolute atomic E-state index is 0.162. The van der Waals surface area contributed by atoms with Gasteiger partial charge in [0.05, 0.1) is 12.0 Å². The molecule has 1 aliphatic heterocycles. The molecule has 3 rings (SSSR count). The van der Waals surface area contributed by atoms with Crippen LogP contribution in [0.5, 0.6) is 5.75 Å². The standard InChI is InChI=1S/C20H24N2O4S/c1-14-5-11-19(12-6-14)27(24,25)21-13-15(2)22(16(3)23)20(21)17-7-9-18(26-4)10-8-17/h5-12,15,20H,13H2,1-4H3/t15-,20-/m0/s1. The molecule has 0 saturated carbocycles. The van der Waals surface area contributed by atoms with E-state index < -0.39 is 16.2 Å². The Morgan fingerprint density at radius 2 is 1.67 bits per heavy atom. The summed E-state index contributed by atoms with van der Waals surface area (Å²) in [6.07, 6.45) is -0.685. The maximum atomic E-state index is 13.3. The molecule has 0 N–H and O–H groups in total. The van der Waals surface area contributed by atoms with E-state index in [1.165, 1.54) is 11.2 Å². The lowest BCUT2D eigenvalue weighted by Crippen LogP contribution is -2.38. The fraction of sp³-hybridized carbons (Fsp3) is 0.350. The summed E-state index contributed by atoms with van der Waals surface area (Å²) < 4.78 is 33.3. The van der Waals surface area contributed by atoms with E-state index in [0.29, 0.717) is 5.75 Å². The van der Waals surface area contributed by atoms with E-state index in [2.05, 4.69) is 0 Å². The van der Waals surface area contributed by atoms with Crippen molar-refractivity contribution < 1.29 is 17.9 Å². The molecule has 0 radical (unpaired) electrons. The van der Waals surface area contributed by atoms with Crippen LogP contribution in [0, 0.1) is 6.92 Å². The lowest BCUT2D eigenvalue weighted by molar-refractivity contribution is -0.132. The van der Waals surface area contributed by atoms with Crippen LogP contribution in [0.2, 0.25) is 0 Å². The van der Waals surface area contributed by atoms with E-state index in [1.807, 2.05) is 13.8 Å². The van der Waals surface area contributed by atoms with Crippen molar-refractivity contribution in [2.24, 2.45) is 0 Å². The van der Waals surface area contributed by atoms with Gasteiger partial charge in [-0.1, -0.05) is 29.8 Å². The summed E-state index contributed by atoms with van der Waals surface area (Å²) in [5.74, 6) is 0.511. The Labute approximate surface area is 160 Å². The van der Waals surface area contributed by atoms with Gasteiger partial charge in [0.25, 0.3) is 0 Å². The third-order valence-electron chi connectivity index (χ3n) is 4.86. The van der Waals surface area contributed by atoms with Crippen molar-refractivity contribution in [2.45, 2.75) is 37.9 Å². The van der Waals surface area contributed by atoms with Crippen LogP contribution in [0.3, 0.4) is 0 Å². The first kappa shape index (κ1) is 19.4. The lowest BCUT2D eigenvalue weighted by atomic mass is 10.1. The molecule has 1 aliphatic rings. The summed E-state index contributed by atoms with van der Waals surface area (Å²) in [5, 5.41) is 0. The van der Waals surface area contributed by atoms with Gasteiger partial charge in [-0.15, -0.1) is 0 Å². The Morgan fingerprint density at radius 3 is 2.19 bits per heavy atom. The topological polar surface area (TPSA) is 66.9 Å². The van der Waals surface area contributed by atoms with Crippen LogP contribution >= 0.6 is 0 Å². The summed E-state index contributed by atoms with van der Waals surface area (Å²) in [5.41, 5.74) is 1.71. The summed E-state index contributed by atoms with van der Waals surface area (Å²) in [6, 6.07) is 13.7. The monoisotopic (exact) mass is 388 g/mol. The van der Waals surface area contributed by atoms with Gasteiger partial charge in [0, 0.05) is 19.5 Å². The van der Waals surface area contributed by atoms with Crippen molar-refractivity contribution >= 4 is 15.9 Å². The fourth-order valence-corrected chi connectivity index (χ4v) is 5.14. The summed E-state index contributed by atoms with van der Waals surface area (Å²) >= 11 is 0. The molecule has 0 bridgehead atoms. The Hall–Kier alpha value is -2.38. The third-order valence-corrected chi connectivity index (χ3v) is 6.69. The van der Waals surface area contributed by atoms with Crippen molar-refractivity contribution in [3.05, 3.63) is 59.7 Å². The SMILES string of the molecule is COc1ccc([C@@H]2N(C(C)=O)[C@@H](C)CN2S(=O)(=O)c2ccc(C)cc2)cc1. The van der Waals surface area contributed by atoms with Gasteiger partial charge in [-0.3, -0.25) is 4.79 Å². The summed E-state index contributed by atoms with van der Waals surface area (Å²) in [6.45, 7) is 5.48. The van der Waals surface area contributed by atoms with E-state index in [-0.39, 0.29) is 23.4 Å². The molecule has 0 aliphatic carbocycles. The minimum atomic E-state index is -3.76. The molecule has 0 aromatic heterocycles. The highest BCUT2D eigenvalue weighted by molar-refractivity contribution is 7.89. The second-order valence-electron chi connectivity index (χ2n) is 6.81. The van der Waals surface area contributed by atoms with Crippen LogP contribution in [0.4, 0.5) is 0 Å². The van der Waals surface area contributed by atoms with Gasteiger partial charge < -0.3 is 9.64 Å². The molecule has 7 heteroatoms. The number of rotatable bonds is 4. The molecule has 2 atom stereocenters. The zero-order valence-corrected chi connectivity index (χ0v) is 16.7. The zero-order chi connectivity index (χ0) is 19.8. The van der Waals surface area contributed by atoms with Gasteiger partial charge in [-0.2, -0.15) is 4.31 Å². The quantitative estimate of drug-likeness (QED) is 0.808. The Balaban J connectivity index is 2.08. The van der Waals surface area contributed by atoms with Crippen LogP contribution in [-0.4, -0.2) is 43.2 Å². The molecule has 2 aromatic carbocycles. The molecule has 1 fully saturated rings. The second-order valence-corrected chi connectivity index (χ2v) is 8.70. The number of nitrogens with zero attached hydrogens (tertiary/aromatic N) is 2. The van der Waals surface area contributed by atoms with Gasteiger partial charge >= 0.3 is 0 Å². The largest absolute Gasteiger partial charge is 0.497 e. The first-order chi connectivity index (χ1) is 12.8. The van der Waals surface area contributed by atoms with Crippen LogP contribution in [0.1, 0.15) is 31.1 Å². The number of carbonyl (C=O) groups is 1. The highest BCUT2D eigenvalue weighted by Crippen LogP contribution is 2.38. The number of hydrogen-bond acceptors (Lipinski definition) is 4. The van der Waals surface area contributed by atoms with Gasteiger partial charge in [0.15, 0.2) is 0 Å². The average molecular weight is 388 g/mol. The van der Waals surface area contributed by atoms with Crippen molar-refractivity contribution in [3.8, 4) is 5.75 Å². The predicted molar refractivity (Wildman–Crippen MR) is 103 cm³/mol. The molecule has 144 valence electrons. The Kier molecular flexibility index (Phi) is 5.26. The number of methoxy groups -OCH3 is 1. The predicted octanol–water partition coefficient (Wildman–Crippen LogP) is 2.94. The molecule has 0 unspecified atom stereocenters. The minimum Gasteiger partial charge on any atom is -0.497 e. The van der Waals surface area contributed by atoms with Crippen molar-refractivity contribution in [2.75, 3.05) is 13.7 Å². The highest BCUT2D eigenvalue weighted by Gasteiger charge is 2.45. The normalized spacial score (nSPS) is 20.7. The first-order valence-corrected chi connectivity index (χ1v) is 10.2. The zero-order valence-electron chi connectivity index (χ0n) is 15.9. The van der Waals surface area contributed by atoms with E-state index >= 15 is 0 Å². The summed E-state index contributed by atoms with van der Waals surface area (Å²) in [7, 11) is -2.19. The van der Waals surface area contributed by atoms with E-state index in [4.69, 9.17) is 4.74 Å².